The third-order valence-corrected chi connectivity index (χ3v) is 7.58. The lowest BCUT2D eigenvalue weighted by atomic mass is 10.1. The molecule has 30 heavy (non-hydrogen) atoms. The molecule has 0 bridgehead atoms. The van der Waals surface area contributed by atoms with Crippen molar-refractivity contribution in [1.82, 2.24) is 9.21 Å². The van der Waals surface area contributed by atoms with Crippen molar-refractivity contribution < 1.29 is 13.3 Å². The zero-order valence-electron chi connectivity index (χ0n) is 16.9. The molecule has 1 fully saturated rings. The molecule has 0 N–H and O–H groups in total. The standard InChI is InChI=1S/C19H26Br2N4O4S/c1-3-16-14-17(25(26)27)15-18(19(16)23(12-6-20)13-7-21)30(28,29)24-10-4-8-22(2)9-5-11-24/h1,14-15H,4-13H2,2H3. The summed E-state index contributed by atoms with van der Waals surface area (Å²) in [6.07, 6.45) is 7.04. The molecule has 1 aromatic carbocycles. The number of sulfonamides is 1. The minimum absolute atomic E-state index is 0.0968. The highest BCUT2D eigenvalue weighted by Gasteiger charge is 2.33. The Morgan fingerprint density at radius 1 is 1.17 bits per heavy atom. The number of benzene rings is 1. The fourth-order valence-corrected chi connectivity index (χ4v) is 6.13. The zero-order valence-corrected chi connectivity index (χ0v) is 20.9. The third-order valence-electron chi connectivity index (χ3n) is 4.96. The maximum Gasteiger partial charge on any atom is 0.272 e. The highest BCUT2D eigenvalue weighted by atomic mass is 79.9. The van der Waals surface area contributed by atoms with Crippen LogP contribution < -0.4 is 4.90 Å². The van der Waals surface area contributed by atoms with Crippen LogP contribution in [0.1, 0.15) is 18.4 Å². The van der Waals surface area contributed by atoms with Crippen LogP contribution in [0, 0.1) is 22.5 Å². The van der Waals surface area contributed by atoms with Crippen molar-refractivity contribution in [3.8, 4) is 12.3 Å². The second kappa shape index (κ2) is 11.4. The van der Waals surface area contributed by atoms with Crippen molar-refractivity contribution in [3.63, 3.8) is 0 Å². The van der Waals surface area contributed by atoms with E-state index in [0.29, 0.717) is 55.4 Å². The van der Waals surface area contributed by atoms with Crippen molar-refractivity contribution in [2.75, 3.05) is 61.9 Å². The zero-order chi connectivity index (χ0) is 22.3. The quantitative estimate of drug-likeness (QED) is 0.208. The first kappa shape index (κ1) is 25.1. The van der Waals surface area contributed by atoms with E-state index in [-0.39, 0.29) is 16.1 Å². The summed E-state index contributed by atoms with van der Waals surface area (Å²) in [5.41, 5.74) is 0.229. The molecular weight excluding hydrogens is 540 g/mol. The molecule has 8 nitrogen and oxygen atoms in total. The van der Waals surface area contributed by atoms with E-state index < -0.39 is 14.9 Å². The number of hydrogen-bond acceptors (Lipinski definition) is 6. The van der Waals surface area contributed by atoms with Gasteiger partial charge in [-0.3, -0.25) is 10.1 Å². The van der Waals surface area contributed by atoms with Gasteiger partial charge in [-0.25, -0.2) is 8.42 Å². The molecule has 2 rings (SSSR count). The summed E-state index contributed by atoms with van der Waals surface area (Å²) in [7, 11) is -1.96. The molecule has 1 aliphatic rings. The number of non-ortho nitro benzene ring substituents is 1. The van der Waals surface area contributed by atoms with E-state index in [0.717, 1.165) is 19.2 Å². The minimum atomic E-state index is -3.98. The maximum absolute atomic E-state index is 13.7. The number of anilines is 1. The topological polar surface area (TPSA) is 87.0 Å². The van der Waals surface area contributed by atoms with Crippen LogP contribution in [0.4, 0.5) is 11.4 Å². The van der Waals surface area contributed by atoms with Crippen molar-refractivity contribution >= 4 is 53.3 Å². The maximum atomic E-state index is 13.7. The average Bonchev–Trinajstić information content (AvgIpc) is 2.69. The molecule has 166 valence electrons. The van der Waals surface area contributed by atoms with Crippen LogP contribution in [0.3, 0.4) is 0 Å². The van der Waals surface area contributed by atoms with Crippen LogP contribution >= 0.6 is 31.9 Å². The first-order chi connectivity index (χ1) is 14.3. The van der Waals surface area contributed by atoms with Gasteiger partial charge in [0.25, 0.3) is 5.69 Å². The van der Waals surface area contributed by atoms with Gasteiger partial charge in [0.2, 0.25) is 10.0 Å². The molecule has 0 radical (unpaired) electrons. The van der Waals surface area contributed by atoms with Crippen LogP contribution in [0.25, 0.3) is 0 Å². The van der Waals surface area contributed by atoms with Crippen molar-refractivity contribution in [1.29, 1.82) is 0 Å². The van der Waals surface area contributed by atoms with Crippen molar-refractivity contribution in [2.24, 2.45) is 0 Å². The predicted octanol–water partition coefficient (Wildman–Crippen LogP) is 2.89. The number of nitro benzene ring substituents is 1. The molecule has 1 aliphatic heterocycles. The second-order valence-electron chi connectivity index (χ2n) is 7.02. The molecule has 0 amide bonds. The van der Waals surface area contributed by atoms with Crippen LogP contribution in [-0.4, -0.2) is 79.5 Å². The van der Waals surface area contributed by atoms with E-state index in [4.69, 9.17) is 6.42 Å². The smallest absolute Gasteiger partial charge is 0.272 e. The minimum Gasteiger partial charge on any atom is -0.368 e. The summed E-state index contributed by atoms with van der Waals surface area (Å²) in [5.74, 6) is 2.47. The number of alkyl halides is 2. The van der Waals surface area contributed by atoms with Gasteiger partial charge in [-0.05, 0) is 33.0 Å². The second-order valence-corrected chi connectivity index (χ2v) is 10.5. The summed E-state index contributed by atoms with van der Waals surface area (Å²) in [5, 5.41) is 12.7. The lowest BCUT2D eigenvalue weighted by Crippen LogP contribution is -2.39. The van der Waals surface area contributed by atoms with E-state index >= 15 is 0 Å². The molecule has 0 aliphatic carbocycles. The summed E-state index contributed by atoms with van der Waals surface area (Å²) < 4.78 is 28.8. The molecular formula is C19H26Br2N4O4S. The lowest BCUT2D eigenvalue weighted by molar-refractivity contribution is -0.385. The molecule has 0 saturated carbocycles. The van der Waals surface area contributed by atoms with Gasteiger partial charge < -0.3 is 9.80 Å². The van der Waals surface area contributed by atoms with E-state index in [1.165, 1.54) is 10.4 Å². The molecule has 1 saturated heterocycles. The molecule has 0 spiro atoms. The Morgan fingerprint density at radius 3 is 2.20 bits per heavy atom. The van der Waals surface area contributed by atoms with Gasteiger partial charge in [0.1, 0.15) is 4.90 Å². The average molecular weight is 566 g/mol. The Bertz CT molecular complexity index is 889. The normalized spacial score (nSPS) is 16.5. The van der Waals surface area contributed by atoms with E-state index in [2.05, 4.69) is 42.7 Å². The van der Waals surface area contributed by atoms with E-state index in [1.54, 1.807) is 0 Å². The number of terminal acetylenes is 1. The van der Waals surface area contributed by atoms with Crippen LogP contribution in [0.5, 0.6) is 0 Å². The molecule has 1 heterocycles. The Morgan fingerprint density at radius 2 is 1.73 bits per heavy atom. The molecule has 1 aromatic rings. The first-order valence-corrected chi connectivity index (χ1v) is 13.3. The number of halogens is 2. The van der Waals surface area contributed by atoms with Gasteiger partial charge in [0.15, 0.2) is 0 Å². The largest absolute Gasteiger partial charge is 0.368 e. The monoisotopic (exact) mass is 564 g/mol. The van der Waals surface area contributed by atoms with Crippen LogP contribution in [0.15, 0.2) is 17.0 Å². The van der Waals surface area contributed by atoms with Gasteiger partial charge in [-0.15, -0.1) is 6.42 Å². The fraction of sp³-hybridized carbons (Fsp3) is 0.579. The van der Waals surface area contributed by atoms with Gasteiger partial charge in [0, 0.05) is 49.0 Å². The van der Waals surface area contributed by atoms with Gasteiger partial charge >= 0.3 is 0 Å². The molecule has 0 unspecified atom stereocenters. The van der Waals surface area contributed by atoms with Crippen LogP contribution in [0.2, 0.25) is 0 Å². The van der Waals surface area contributed by atoms with Crippen molar-refractivity contribution in [3.05, 3.63) is 27.8 Å². The summed E-state index contributed by atoms with van der Waals surface area (Å²) in [6, 6.07) is 2.41. The third kappa shape index (κ3) is 5.95. The Kier molecular flexibility index (Phi) is 9.56. The predicted molar refractivity (Wildman–Crippen MR) is 126 cm³/mol. The molecule has 11 heteroatoms. The van der Waals surface area contributed by atoms with E-state index in [1.807, 2.05) is 11.9 Å². The Balaban J connectivity index is 2.66. The number of nitro groups is 1. The number of nitrogens with zero attached hydrogens (tertiary/aromatic N) is 4. The highest BCUT2D eigenvalue weighted by Crippen LogP contribution is 2.35. The summed E-state index contributed by atoms with van der Waals surface area (Å²) >= 11 is 6.79. The van der Waals surface area contributed by atoms with Gasteiger partial charge in [-0.1, -0.05) is 37.8 Å². The molecule has 0 atom stereocenters. The fourth-order valence-electron chi connectivity index (χ4n) is 3.51. The Labute approximate surface area is 195 Å². The van der Waals surface area contributed by atoms with Crippen molar-refractivity contribution in [2.45, 2.75) is 17.7 Å². The van der Waals surface area contributed by atoms with Crippen LogP contribution in [-0.2, 0) is 10.0 Å². The number of rotatable bonds is 8. The number of hydrogen-bond donors (Lipinski definition) is 0. The highest BCUT2D eigenvalue weighted by molar-refractivity contribution is 9.09. The summed E-state index contributed by atoms with van der Waals surface area (Å²) in [4.78, 5) is 14.8. The van der Waals surface area contributed by atoms with Gasteiger partial charge in [0.05, 0.1) is 16.2 Å². The van der Waals surface area contributed by atoms with E-state index in [9.17, 15) is 18.5 Å². The lowest BCUT2D eigenvalue weighted by Gasteiger charge is -2.31. The summed E-state index contributed by atoms with van der Waals surface area (Å²) in [6.45, 7) is 3.32. The van der Waals surface area contributed by atoms with Gasteiger partial charge in [-0.2, -0.15) is 4.31 Å². The Hall–Kier alpha value is -1.19. The first-order valence-electron chi connectivity index (χ1n) is 9.60. The SMILES string of the molecule is C#Cc1cc([N+](=O)[O-])cc(S(=O)(=O)N2CCCN(C)CCC2)c1N(CCBr)CCBr. The molecule has 0 aromatic heterocycles.